The van der Waals surface area contributed by atoms with E-state index in [1.807, 2.05) is 0 Å². The molecule has 1 saturated heterocycles. The molecule has 0 aliphatic carbocycles. The largest absolute Gasteiger partial charge is 0.357 e. The first kappa shape index (κ1) is 24.2. The van der Waals surface area contributed by atoms with Crippen molar-refractivity contribution in [2.75, 3.05) is 31.1 Å². The SMILES string of the molecule is CCNC(=NCCc1csc(N2CCCC2)n1)NC1CCc2nc(C(C)C)nn2C1.I. The van der Waals surface area contributed by atoms with Crippen LogP contribution in [-0.2, 0) is 19.4 Å². The molecule has 0 radical (unpaired) electrons. The molecule has 8 nitrogen and oxygen atoms in total. The molecule has 172 valence electrons. The van der Waals surface area contributed by atoms with E-state index >= 15 is 0 Å². The Hall–Kier alpha value is -1.43. The molecule has 2 aromatic heterocycles. The molecule has 10 heteroatoms. The third-order valence-corrected chi connectivity index (χ3v) is 6.58. The van der Waals surface area contributed by atoms with Gasteiger partial charge in [0.2, 0.25) is 0 Å². The van der Waals surface area contributed by atoms with E-state index in [1.54, 1.807) is 11.3 Å². The van der Waals surface area contributed by atoms with Crippen LogP contribution in [0.25, 0.3) is 0 Å². The number of hydrogen-bond donors (Lipinski definition) is 2. The molecule has 1 fully saturated rings. The van der Waals surface area contributed by atoms with Crippen molar-refractivity contribution in [3.8, 4) is 0 Å². The van der Waals surface area contributed by atoms with Gasteiger partial charge in [0, 0.05) is 56.4 Å². The molecule has 4 heterocycles. The van der Waals surface area contributed by atoms with E-state index in [4.69, 9.17) is 9.98 Å². The van der Waals surface area contributed by atoms with Gasteiger partial charge in [-0.15, -0.1) is 35.3 Å². The van der Waals surface area contributed by atoms with Crippen molar-refractivity contribution in [3.63, 3.8) is 0 Å². The second-order valence-corrected chi connectivity index (χ2v) is 9.27. The van der Waals surface area contributed by atoms with E-state index in [0.29, 0.717) is 12.0 Å². The Morgan fingerprint density at radius 2 is 2.10 bits per heavy atom. The lowest BCUT2D eigenvalue weighted by Crippen LogP contribution is -2.47. The average molecular weight is 559 g/mol. The number of hydrogen-bond acceptors (Lipinski definition) is 6. The zero-order valence-electron chi connectivity index (χ0n) is 18.8. The normalized spacial score (nSPS) is 18.8. The number of halogens is 1. The smallest absolute Gasteiger partial charge is 0.191 e. The summed E-state index contributed by atoms with van der Waals surface area (Å²) in [6, 6.07) is 0.318. The van der Waals surface area contributed by atoms with E-state index in [0.717, 1.165) is 75.3 Å². The van der Waals surface area contributed by atoms with Gasteiger partial charge in [0.15, 0.2) is 16.9 Å². The molecule has 0 saturated carbocycles. The Balaban J connectivity index is 0.00000272. The standard InChI is InChI=1S/C21H34N8S.HI/c1-4-22-20(23-10-9-17-14-30-21(25-17)28-11-5-6-12-28)24-16-7-8-18-26-19(15(2)3)27-29(18)13-16;/h14-16H,4-13H2,1-3H3,(H2,22,23,24);1H. The van der Waals surface area contributed by atoms with Crippen molar-refractivity contribution >= 4 is 46.4 Å². The van der Waals surface area contributed by atoms with Gasteiger partial charge in [-0.1, -0.05) is 13.8 Å². The van der Waals surface area contributed by atoms with Gasteiger partial charge >= 0.3 is 0 Å². The number of guanidine groups is 1. The third kappa shape index (κ3) is 6.30. The van der Waals surface area contributed by atoms with E-state index in [9.17, 15) is 0 Å². The molecule has 0 spiro atoms. The van der Waals surface area contributed by atoms with Crippen LogP contribution >= 0.6 is 35.3 Å². The molecule has 4 rings (SSSR count). The first-order valence-electron chi connectivity index (χ1n) is 11.3. The Bertz CT molecular complexity index is 855. The average Bonchev–Trinajstić information content (AvgIpc) is 3.47. The minimum atomic E-state index is 0. The van der Waals surface area contributed by atoms with E-state index < -0.39 is 0 Å². The van der Waals surface area contributed by atoms with Gasteiger partial charge in [-0.25, -0.2) is 14.6 Å². The molecule has 31 heavy (non-hydrogen) atoms. The number of rotatable bonds is 7. The summed E-state index contributed by atoms with van der Waals surface area (Å²) in [4.78, 5) is 16.7. The fraction of sp³-hybridized carbons (Fsp3) is 0.714. The molecule has 2 N–H and O–H groups in total. The fourth-order valence-electron chi connectivity index (χ4n) is 3.95. The first-order valence-corrected chi connectivity index (χ1v) is 12.2. The Kier molecular flexibility index (Phi) is 8.94. The van der Waals surface area contributed by atoms with Gasteiger partial charge in [0.1, 0.15) is 5.82 Å². The van der Waals surface area contributed by atoms with Gasteiger partial charge in [0.05, 0.1) is 12.2 Å². The molecular weight excluding hydrogens is 523 g/mol. The van der Waals surface area contributed by atoms with Crippen molar-refractivity contribution in [2.24, 2.45) is 4.99 Å². The van der Waals surface area contributed by atoms with Crippen LogP contribution in [-0.4, -0.2) is 57.9 Å². The lowest BCUT2D eigenvalue weighted by molar-refractivity contribution is 0.391. The highest BCUT2D eigenvalue weighted by Gasteiger charge is 2.23. The summed E-state index contributed by atoms with van der Waals surface area (Å²) in [7, 11) is 0. The molecule has 0 bridgehead atoms. The number of aromatic nitrogens is 4. The Morgan fingerprint density at radius 3 is 2.84 bits per heavy atom. The summed E-state index contributed by atoms with van der Waals surface area (Å²) in [5.74, 6) is 3.30. The van der Waals surface area contributed by atoms with Crippen LogP contribution in [0.15, 0.2) is 10.4 Å². The molecule has 2 aliphatic heterocycles. The van der Waals surface area contributed by atoms with E-state index in [2.05, 4.69) is 56.4 Å². The number of aryl methyl sites for hydroxylation is 1. The fourth-order valence-corrected chi connectivity index (χ4v) is 4.86. The molecule has 0 amide bonds. The third-order valence-electron chi connectivity index (χ3n) is 5.63. The van der Waals surface area contributed by atoms with Gasteiger partial charge in [-0.3, -0.25) is 4.99 Å². The second kappa shape index (κ2) is 11.4. The number of fused-ring (bicyclic) bond motifs is 1. The Labute approximate surface area is 206 Å². The van der Waals surface area contributed by atoms with Crippen LogP contribution in [0.2, 0.25) is 0 Å². The maximum atomic E-state index is 4.81. The zero-order valence-corrected chi connectivity index (χ0v) is 21.9. The van der Waals surface area contributed by atoms with Gasteiger partial charge in [-0.2, -0.15) is 5.10 Å². The monoisotopic (exact) mass is 558 g/mol. The van der Waals surface area contributed by atoms with E-state index in [-0.39, 0.29) is 24.0 Å². The quantitative estimate of drug-likeness (QED) is 0.309. The van der Waals surface area contributed by atoms with Crippen LogP contribution in [0.4, 0.5) is 5.13 Å². The highest BCUT2D eigenvalue weighted by atomic mass is 127. The summed E-state index contributed by atoms with van der Waals surface area (Å²) in [6.07, 6.45) is 5.44. The van der Waals surface area contributed by atoms with Crippen molar-refractivity contribution in [1.82, 2.24) is 30.4 Å². The van der Waals surface area contributed by atoms with Crippen molar-refractivity contribution < 1.29 is 0 Å². The van der Waals surface area contributed by atoms with Gasteiger partial charge < -0.3 is 15.5 Å². The Morgan fingerprint density at radius 1 is 1.29 bits per heavy atom. The number of nitrogens with zero attached hydrogens (tertiary/aromatic N) is 6. The molecular formula is C21H35IN8S. The maximum absolute atomic E-state index is 4.81. The highest BCUT2D eigenvalue weighted by molar-refractivity contribution is 14.0. The van der Waals surface area contributed by atoms with Crippen LogP contribution < -0.4 is 15.5 Å². The van der Waals surface area contributed by atoms with Gasteiger partial charge in [0.25, 0.3) is 0 Å². The molecule has 0 aromatic carbocycles. The van der Waals surface area contributed by atoms with E-state index in [1.165, 1.54) is 18.0 Å². The molecule has 1 unspecified atom stereocenters. The summed E-state index contributed by atoms with van der Waals surface area (Å²) in [5, 5.41) is 15.0. The van der Waals surface area contributed by atoms with Crippen LogP contribution in [0, 0.1) is 0 Å². The van der Waals surface area contributed by atoms with Crippen LogP contribution in [0.3, 0.4) is 0 Å². The predicted octanol–water partition coefficient (Wildman–Crippen LogP) is 3.19. The molecule has 2 aliphatic rings. The number of anilines is 1. The van der Waals surface area contributed by atoms with Gasteiger partial charge in [-0.05, 0) is 26.2 Å². The summed E-state index contributed by atoms with van der Waals surface area (Å²) in [6.45, 7) is 11.1. The number of thiazole rings is 1. The highest BCUT2D eigenvalue weighted by Crippen LogP contribution is 2.24. The minimum absolute atomic E-state index is 0. The van der Waals surface area contributed by atoms with Crippen LogP contribution in [0.1, 0.15) is 63.3 Å². The number of nitrogens with one attached hydrogen (secondary N) is 2. The van der Waals surface area contributed by atoms with Crippen molar-refractivity contribution in [2.45, 2.75) is 71.4 Å². The number of aliphatic imine (C=N–C) groups is 1. The lowest BCUT2D eigenvalue weighted by atomic mass is 10.1. The first-order chi connectivity index (χ1) is 14.6. The van der Waals surface area contributed by atoms with Crippen molar-refractivity contribution in [1.29, 1.82) is 0 Å². The summed E-state index contributed by atoms with van der Waals surface area (Å²) in [5.41, 5.74) is 1.15. The lowest BCUT2D eigenvalue weighted by Gasteiger charge is -2.25. The summed E-state index contributed by atoms with van der Waals surface area (Å²) >= 11 is 1.76. The summed E-state index contributed by atoms with van der Waals surface area (Å²) < 4.78 is 2.06. The topological polar surface area (TPSA) is 83.3 Å². The maximum Gasteiger partial charge on any atom is 0.191 e. The van der Waals surface area contributed by atoms with Crippen LogP contribution in [0.5, 0.6) is 0 Å². The second-order valence-electron chi connectivity index (χ2n) is 8.43. The van der Waals surface area contributed by atoms with Crippen molar-refractivity contribution in [3.05, 3.63) is 22.7 Å². The minimum Gasteiger partial charge on any atom is -0.357 e. The zero-order chi connectivity index (χ0) is 20.9. The molecule has 1 atom stereocenters. The molecule has 2 aromatic rings. The predicted molar refractivity (Wildman–Crippen MR) is 138 cm³/mol.